The summed E-state index contributed by atoms with van der Waals surface area (Å²) in [5.74, 6) is -1.12. The lowest BCUT2D eigenvalue weighted by molar-refractivity contribution is -0.145. The van der Waals surface area contributed by atoms with Gasteiger partial charge in [-0.15, -0.1) is 11.3 Å². The molecule has 1 fully saturated rings. The van der Waals surface area contributed by atoms with Crippen LogP contribution in [0.25, 0.3) is 10.6 Å². The summed E-state index contributed by atoms with van der Waals surface area (Å²) in [4.78, 5) is 25.1. The highest BCUT2D eigenvalue weighted by atomic mass is 32.1. The number of aromatic nitrogens is 3. The molecule has 4 rings (SSSR count). The number of nitrogens with zero attached hydrogens (tertiary/aromatic N) is 3. The molecule has 2 aromatic heterocycles. The number of benzene rings is 1. The Hall–Kier alpha value is -3.05. The van der Waals surface area contributed by atoms with Crippen LogP contribution in [-0.4, -0.2) is 40.2 Å². The Morgan fingerprint density at radius 1 is 1.21 bits per heavy atom. The molecule has 1 aromatic carbocycles. The Bertz CT molecular complexity index is 1130. The average Bonchev–Trinajstić information content (AvgIpc) is 3.44. The fourth-order valence-corrected chi connectivity index (χ4v) is 4.03. The molecule has 0 aliphatic carbocycles. The van der Waals surface area contributed by atoms with Crippen molar-refractivity contribution < 1.29 is 27.4 Å². The van der Waals surface area contributed by atoms with E-state index in [1.807, 2.05) is 13.0 Å². The van der Waals surface area contributed by atoms with Gasteiger partial charge in [0.05, 0.1) is 19.3 Å². The van der Waals surface area contributed by atoms with E-state index in [4.69, 9.17) is 9.47 Å². The molecule has 0 saturated carbocycles. The van der Waals surface area contributed by atoms with E-state index in [1.54, 1.807) is 25.3 Å². The summed E-state index contributed by atoms with van der Waals surface area (Å²) < 4.78 is 49.5. The van der Waals surface area contributed by atoms with Crippen LogP contribution in [0.15, 0.2) is 36.8 Å². The van der Waals surface area contributed by atoms with Gasteiger partial charge in [-0.3, -0.25) is 4.79 Å². The molecule has 11 heteroatoms. The van der Waals surface area contributed by atoms with E-state index in [-0.39, 0.29) is 6.10 Å². The highest BCUT2D eigenvalue weighted by Gasteiger charge is 2.34. The van der Waals surface area contributed by atoms with Crippen LogP contribution in [0.3, 0.4) is 0 Å². The molecule has 1 N–H and O–H groups in total. The van der Waals surface area contributed by atoms with Crippen LogP contribution in [0.2, 0.25) is 0 Å². The van der Waals surface area contributed by atoms with Crippen molar-refractivity contribution in [3.8, 4) is 16.3 Å². The van der Waals surface area contributed by atoms with Crippen molar-refractivity contribution >= 4 is 17.2 Å². The van der Waals surface area contributed by atoms with Crippen LogP contribution in [0, 0.1) is 6.92 Å². The van der Waals surface area contributed by atoms with Gasteiger partial charge < -0.3 is 14.8 Å². The molecular weight excluding hydrogens is 457 g/mol. The first kappa shape index (κ1) is 23.1. The molecule has 1 saturated heterocycles. The third-order valence-corrected chi connectivity index (χ3v) is 5.96. The molecule has 33 heavy (non-hydrogen) atoms. The minimum atomic E-state index is -4.62. The second kappa shape index (κ2) is 9.44. The molecule has 0 bridgehead atoms. The van der Waals surface area contributed by atoms with Crippen molar-refractivity contribution in [2.75, 3.05) is 13.2 Å². The number of nitrogens with one attached hydrogen (secondary N) is 1. The number of halogens is 3. The fraction of sp³-hybridized carbons (Fsp3) is 0.364. The zero-order chi connectivity index (χ0) is 23.6. The van der Waals surface area contributed by atoms with E-state index in [1.165, 1.54) is 11.3 Å². The van der Waals surface area contributed by atoms with Crippen molar-refractivity contribution in [2.45, 2.75) is 38.6 Å². The maximum absolute atomic E-state index is 13.0. The molecule has 0 spiro atoms. The fourth-order valence-electron chi connectivity index (χ4n) is 3.28. The van der Waals surface area contributed by atoms with E-state index in [2.05, 4.69) is 20.3 Å². The number of hydrogen-bond donors (Lipinski definition) is 1. The molecule has 7 nitrogen and oxygen atoms in total. The predicted octanol–water partition coefficient (Wildman–Crippen LogP) is 4.59. The van der Waals surface area contributed by atoms with E-state index >= 15 is 0 Å². The summed E-state index contributed by atoms with van der Waals surface area (Å²) in [6, 6.07) is 4.56. The third kappa shape index (κ3) is 5.66. The first-order chi connectivity index (χ1) is 15.7. The smallest absolute Gasteiger partial charge is 0.451 e. The molecule has 1 aliphatic heterocycles. The number of alkyl halides is 3. The van der Waals surface area contributed by atoms with Crippen LogP contribution in [0.5, 0.6) is 5.75 Å². The van der Waals surface area contributed by atoms with E-state index in [0.717, 1.165) is 34.3 Å². The quantitative estimate of drug-likeness (QED) is 0.558. The number of rotatable bonds is 6. The number of carbonyl (C=O) groups excluding carboxylic acids is 1. The molecule has 3 heterocycles. The standard InChI is InChI=1S/C22H21F3N4O3S/c1-12-8-26-20(33-12)15-5-14(6-18(7-15)32-17-3-4-31-11-17)19(30)29-13(2)16-9-27-21(28-10-16)22(23,24)25/h5-10,13,17H,3-4,11H2,1-2H3,(H,29,30)/t13-,17?/m1/s1. The summed E-state index contributed by atoms with van der Waals surface area (Å²) >= 11 is 1.50. The Balaban J connectivity index is 1.56. The second-order valence-corrected chi connectivity index (χ2v) is 8.89. The molecule has 1 amide bonds. The Kier molecular flexibility index (Phi) is 6.61. The summed E-state index contributed by atoms with van der Waals surface area (Å²) in [5.41, 5.74) is 1.43. The van der Waals surface area contributed by atoms with Gasteiger partial charge in [0.1, 0.15) is 16.9 Å². The van der Waals surface area contributed by atoms with Crippen LogP contribution >= 0.6 is 11.3 Å². The van der Waals surface area contributed by atoms with Crippen molar-refractivity contribution in [3.05, 3.63) is 58.6 Å². The first-order valence-electron chi connectivity index (χ1n) is 10.2. The lowest BCUT2D eigenvalue weighted by Crippen LogP contribution is -2.27. The molecule has 2 atom stereocenters. The zero-order valence-corrected chi connectivity index (χ0v) is 18.7. The maximum atomic E-state index is 13.0. The Morgan fingerprint density at radius 2 is 1.97 bits per heavy atom. The highest BCUT2D eigenvalue weighted by molar-refractivity contribution is 7.14. The monoisotopic (exact) mass is 478 g/mol. The minimum absolute atomic E-state index is 0.0996. The largest absolute Gasteiger partial charge is 0.488 e. The summed E-state index contributed by atoms with van der Waals surface area (Å²) in [6.45, 7) is 4.69. The zero-order valence-electron chi connectivity index (χ0n) is 17.8. The average molecular weight is 478 g/mol. The predicted molar refractivity (Wildman–Crippen MR) is 115 cm³/mol. The number of thiazole rings is 1. The van der Waals surface area contributed by atoms with Gasteiger partial charge in [0.15, 0.2) is 0 Å². The van der Waals surface area contributed by atoms with Crippen molar-refractivity contribution in [1.82, 2.24) is 20.3 Å². The van der Waals surface area contributed by atoms with Crippen LogP contribution in [-0.2, 0) is 10.9 Å². The number of amides is 1. The number of carbonyl (C=O) groups is 1. The van der Waals surface area contributed by atoms with Gasteiger partial charge in [0, 0.05) is 46.6 Å². The summed E-state index contributed by atoms with van der Waals surface area (Å²) in [6.07, 6.45) is -0.0931. The lowest BCUT2D eigenvalue weighted by atomic mass is 10.1. The van der Waals surface area contributed by atoms with Gasteiger partial charge in [-0.25, -0.2) is 15.0 Å². The first-order valence-corrected chi connectivity index (χ1v) is 11.0. The maximum Gasteiger partial charge on any atom is 0.451 e. The molecule has 1 aliphatic rings. The van der Waals surface area contributed by atoms with Gasteiger partial charge in [-0.1, -0.05) is 0 Å². The third-order valence-electron chi connectivity index (χ3n) is 5.00. The van der Waals surface area contributed by atoms with Crippen LogP contribution in [0.1, 0.15) is 46.0 Å². The highest BCUT2D eigenvalue weighted by Crippen LogP contribution is 2.31. The van der Waals surface area contributed by atoms with E-state index in [9.17, 15) is 18.0 Å². The summed E-state index contributed by atoms with van der Waals surface area (Å²) in [5, 5.41) is 3.53. The molecule has 174 valence electrons. The lowest BCUT2D eigenvalue weighted by Gasteiger charge is -2.17. The van der Waals surface area contributed by atoms with Gasteiger partial charge in [0.25, 0.3) is 5.91 Å². The normalized spacial score (nSPS) is 17.1. The van der Waals surface area contributed by atoms with Crippen LogP contribution in [0.4, 0.5) is 13.2 Å². The molecule has 0 radical (unpaired) electrons. The molecular formula is C22H21F3N4O3S. The van der Waals surface area contributed by atoms with Gasteiger partial charge in [0.2, 0.25) is 5.82 Å². The van der Waals surface area contributed by atoms with E-state index in [0.29, 0.717) is 30.1 Å². The van der Waals surface area contributed by atoms with Gasteiger partial charge in [-0.05, 0) is 32.0 Å². The van der Waals surface area contributed by atoms with Gasteiger partial charge >= 0.3 is 6.18 Å². The summed E-state index contributed by atoms with van der Waals surface area (Å²) in [7, 11) is 0. The van der Waals surface area contributed by atoms with E-state index < -0.39 is 23.9 Å². The van der Waals surface area contributed by atoms with Crippen molar-refractivity contribution in [3.63, 3.8) is 0 Å². The topological polar surface area (TPSA) is 86.2 Å². The SMILES string of the molecule is Cc1cnc(-c2cc(OC3CCOC3)cc(C(=O)N[C@H](C)c3cnc(C(F)(F)F)nc3)c2)s1. The van der Waals surface area contributed by atoms with Gasteiger partial charge in [-0.2, -0.15) is 13.2 Å². The van der Waals surface area contributed by atoms with Crippen molar-refractivity contribution in [2.24, 2.45) is 0 Å². The number of hydrogen-bond acceptors (Lipinski definition) is 7. The second-order valence-electron chi connectivity index (χ2n) is 7.66. The van der Waals surface area contributed by atoms with Crippen molar-refractivity contribution in [1.29, 1.82) is 0 Å². The molecule has 1 unspecified atom stereocenters. The molecule has 3 aromatic rings. The van der Waals surface area contributed by atoms with Crippen LogP contribution < -0.4 is 10.1 Å². The minimum Gasteiger partial charge on any atom is -0.488 e. The number of ether oxygens (including phenoxy) is 2. The Morgan fingerprint density at radius 3 is 2.58 bits per heavy atom. The Labute approximate surface area is 192 Å². The number of aryl methyl sites for hydroxylation is 1.